The van der Waals surface area contributed by atoms with Crippen LogP contribution in [0.5, 0.6) is 5.75 Å². The summed E-state index contributed by atoms with van der Waals surface area (Å²) in [7, 11) is 0. The lowest BCUT2D eigenvalue weighted by atomic mass is 10.0. The van der Waals surface area contributed by atoms with Crippen LogP contribution < -0.4 is 10.1 Å². The maximum atomic E-state index is 13.3. The third-order valence-electron chi connectivity index (χ3n) is 4.56. The summed E-state index contributed by atoms with van der Waals surface area (Å²) in [6.45, 7) is 2.20. The Bertz CT molecular complexity index is 865. The zero-order valence-corrected chi connectivity index (χ0v) is 14.8. The quantitative estimate of drug-likeness (QED) is 0.743. The predicted octanol–water partition coefficient (Wildman–Crippen LogP) is 4.00. The van der Waals surface area contributed by atoms with E-state index < -0.39 is 0 Å². The van der Waals surface area contributed by atoms with E-state index in [2.05, 4.69) is 10.3 Å². The van der Waals surface area contributed by atoms with Crippen molar-refractivity contribution in [2.75, 3.05) is 19.7 Å². The van der Waals surface area contributed by atoms with E-state index in [1.165, 1.54) is 12.1 Å². The molecule has 1 saturated heterocycles. The van der Waals surface area contributed by atoms with E-state index in [1.54, 1.807) is 18.3 Å². The van der Waals surface area contributed by atoms with Crippen molar-refractivity contribution in [2.45, 2.75) is 12.2 Å². The molecule has 1 aliphatic rings. The predicted molar refractivity (Wildman–Crippen MR) is 102 cm³/mol. The fraction of sp³-hybridized carbons (Fsp3) is 0.227. The molecule has 2 unspecified atom stereocenters. The fourth-order valence-corrected chi connectivity index (χ4v) is 3.23. The molecule has 0 radical (unpaired) electrons. The van der Waals surface area contributed by atoms with Crippen molar-refractivity contribution in [3.05, 3.63) is 84.3 Å². The van der Waals surface area contributed by atoms with E-state index in [9.17, 15) is 4.39 Å². The molecule has 1 fully saturated rings. The van der Waals surface area contributed by atoms with Gasteiger partial charge in [0.05, 0.1) is 6.61 Å². The Balaban J connectivity index is 1.68. The minimum absolute atomic E-state index is 0.109. The molecular formula is C22H21FN2O2. The number of hydrogen-bond donors (Lipinski definition) is 1. The molecule has 2 aromatic carbocycles. The van der Waals surface area contributed by atoms with Crippen molar-refractivity contribution in [3.63, 3.8) is 0 Å². The van der Waals surface area contributed by atoms with Crippen molar-refractivity contribution in [2.24, 2.45) is 0 Å². The van der Waals surface area contributed by atoms with Gasteiger partial charge in [0.25, 0.3) is 0 Å². The van der Waals surface area contributed by atoms with Crippen LogP contribution in [0.15, 0.2) is 72.9 Å². The fourth-order valence-electron chi connectivity index (χ4n) is 3.23. The molecule has 0 saturated carbocycles. The van der Waals surface area contributed by atoms with Crippen LogP contribution in [-0.4, -0.2) is 30.8 Å². The molecule has 27 heavy (non-hydrogen) atoms. The summed E-state index contributed by atoms with van der Waals surface area (Å²) in [5.74, 6) is 0.369. The van der Waals surface area contributed by atoms with E-state index in [0.29, 0.717) is 24.6 Å². The van der Waals surface area contributed by atoms with Gasteiger partial charge in [-0.15, -0.1) is 0 Å². The average Bonchev–Trinajstić information content (AvgIpc) is 2.74. The van der Waals surface area contributed by atoms with Crippen molar-refractivity contribution < 1.29 is 13.9 Å². The summed E-state index contributed by atoms with van der Waals surface area (Å²) < 4.78 is 25.7. The molecule has 0 spiro atoms. The van der Waals surface area contributed by atoms with Gasteiger partial charge in [-0.2, -0.15) is 0 Å². The molecule has 1 aliphatic heterocycles. The minimum atomic E-state index is -0.277. The largest absolute Gasteiger partial charge is 0.481 e. The van der Waals surface area contributed by atoms with Gasteiger partial charge in [-0.3, -0.25) is 4.98 Å². The second-order valence-electron chi connectivity index (χ2n) is 6.42. The number of rotatable bonds is 5. The molecule has 0 amide bonds. The summed E-state index contributed by atoms with van der Waals surface area (Å²) in [5.41, 5.74) is 2.53. The highest BCUT2D eigenvalue weighted by atomic mass is 19.1. The van der Waals surface area contributed by atoms with Crippen LogP contribution >= 0.6 is 0 Å². The van der Waals surface area contributed by atoms with Gasteiger partial charge in [0, 0.05) is 24.8 Å². The Labute approximate surface area is 158 Å². The third kappa shape index (κ3) is 4.15. The van der Waals surface area contributed by atoms with E-state index in [4.69, 9.17) is 9.47 Å². The normalized spacial score (nSPS) is 18.0. The first-order chi connectivity index (χ1) is 13.3. The van der Waals surface area contributed by atoms with Gasteiger partial charge in [0.1, 0.15) is 23.4 Å². The maximum Gasteiger partial charge on any atom is 0.151 e. The molecule has 4 nitrogen and oxygen atoms in total. The molecule has 138 valence electrons. The molecule has 0 aliphatic carbocycles. The molecule has 2 atom stereocenters. The molecule has 1 N–H and O–H groups in total. The van der Waals surface area contributed by atoms with Gasteiger partial charge in [-0.1, -0.05) is 30.3 Å². The highest BCUT2D eigenvalue weighted by Gasteiger charge is 2.28. The number of halogens is 1. The van der Waals surface area contributed by atoms with Gasteiger partial charge in [-0.05, 0) is 42.0 Å². The lowest BCUT2D eigenvalue weighted by molar-refractivity contribution is -0.0431. The highest BCUT2D eigenvalue weighted by Crippen LogP contribution is 2.33. The van der Waals surface area contributed by atoms with Gasteiger partial charge in [-0.25, -0.2) is 4.39 Å². The maximum absolute atomic E-state index is 13.3. The van der Waals surface area contributed by atoms with Crippen LogP contribution in [0.1, 0.15) is 11.7 Å². The van der Waals surface area contributed by atoms with Gasteiger partial charge in [0.15, 0.2) is 6.10 Å². The molecule has 0 bridgehead atoms. The molecule has 5 heteroatoms. The summed E-state index contributed by atoms with van der Waals surface area (Å²) in [4.78, 5) is 4.47. The second kappa shape index (κ2) is 8.29. The van der Waals surface area contributed by atoms with E-state index >= 15 is 0 Å². The summed E-state index contributed by atoms with van der Waals surface area (Å²) in [5, 5.41) is 3.36. The zero-order chi connectivity index (χ0) is 18.5. The first kappa shape index (κ1) is 17.6. The lowest BCUT2D eigenvalue weighted by Gasteiger charge is -2.32. The molecule has 1 aromatic heterocycles. The van der Waals surface area contributed by atoms with E-state index in [-0.39, 0.29) is 18.0 Å². The Hall–Kier alpha value is -2.76. The molecule has 4 rings (SSSR count). The van der Waals surface area contributed by atoms with Gasteiger partial charge in [0.2, 0.25) is 0 Å². The Morgan fingerprint density at radius 2 is 1.85 bits per heavy atom. The van der Waals surface area contributed by atoms with Crippen molar-refractivity contribution >= 4 is 0 Å². The zero-order valence-electron chi connectivity index (χ0n) is 14.8. The van der Waals surface area contributed by atoms with Crippen LogP contribution in [0.2, 0.25) is 0 Å². The first-order valence-electron chi connectivity index (χ1n) is 9.06. The molecule has 2 heterocycles. The molecular weight excluding hydrogens is 343 g/mol. The van der Waals surface area contributed by atoms with Crippen molar-refractivity contribution in [1.29, 1.82) is 0 Å². The first-order valence-corrected chi connectivity index (χ1v) is 9.06. The number of hydrogen-bond acceptors (Lipinski definition) is 4. The van der Waals surface area contributed by atoms with Crippen LogP contribution in [-0.2, 0) is 4.74 Å². The lowest BCUT2D eigenvalue weighted by Crippen LogP contribution is -2.43. The molecule has 3 aromatic rings. The Kier molecular flexibility index (Phi) is 5.42. The Morgan fingerprint density at radius 3 is 2.59 bits per heavy atom. The number of morpholine rings is 1. The minimum Gasteiger partial charge on any atom is -0.481 e. The number of pyridine rings is 1. The monoisotopic (exact) mass is 364 g/mol. The van der Waals surface area contributed by atoms with Crippen molar-refractivity contribution in [1.82, 2.24) is 10.3 Å². The summed E-state index contributed by atoms with van der Waals surface area (Å²) >= 11 is 0. The number of benzene rings is 2. The van der Waals surface area contributed by atoms with E-state index in [0.717, 1.165) is 17.7 Å². The van der Waals surface area contributed by atoms with Crippen LogP contribution in [0.4, 0.5) is 4.39 Å². The number of ether oxygens (including phenoxy) is 2. The van der Waals surface area contributed by atoms with Gasteiger partial charge >= 0.3 is 0 Å². The smallest absolute Gasteiger partial charge is 0.151 e. The number of nitrogens with one attached hydrogen (secondary N) is 1. The highest BCUT2D eigenvalue weighted by molar-refractivity contribution is 5.66. The average molecular weight is 364 g/mol. The number of aromatic nitrogens is 1. The third-order valence-corrected chi connectivity index (χ3v) is 4.56. The van der Waals surface area contributed by atoms with E-state index in [1.807, 2.05) is 42.5 Å². The van der Waals surface area contributed by atoms with Crippen LogP contribution in [0, 0.1) is 5.82 Å². The summed E-state index contributed by atoms with van der Waals surface area (Å²) in [6, 6.07) is 20.0. The van der Waals surface area contributed by atoms with Crippen LogP contribution in [0.3, 0.4) is 0 Å². The summed E-state index contributed by atoms with van der Waals surface area (Å²) in [6.07, 6.45) is 1.33. The SMILES string of the molecule is Fc1ccc(-c2ncccc2OC(c2ccccc2)C2CNCCO2)cc1. The topological polar surface area (TPSA) is 43.4 Å². The van der Waals surface area contributed by atoms with Crippen LogP contribution in [0.25, 0.3) is 11.3 Å². The number of nitrogens with zero attached hydrogens (tertiary/aromatic N) is 1. The van der Waals surface area contributed by atoms with Crippen molar-refractivity contribution in [3.8, 4) is 17.0 Å². The second-order valence-corrected chi connectivity index (χ2v) is 6.42. The van der Waals surface area contributed by atoms with Gasteiger partial charge < -0.3 is 14.8 Å². The standard InChI is InChI=1S/C22H21FN2O2/c23-18-10-8-16(9-11-18)21-19(7-4-12-25-21)27-22(17-5-2-1-3-6-17)20-15-24-13-14-26-20/h1-12,20,22,24H,13-15H2. The Morgan fingerprint density at radius 1 is 1.04 bits per heavy atom.